The molecule has 0 fully saturated rings. The maximum absolute atomic E-state index is 10.7. The molecule has 132 valence electrons. The van der Waals surface area contributed by atoms with E-state index < -0.39 is 6.10 Å². The molecular weight excluding hydrogens is 318 g/mol. The van der Waals surface area contributed by atoms with Crippen LogP contribution in [0.4, 0.5) is 0 Å². The normalized spacial score (nSPS) is 20.1. The molecule has 2 aromatic rings. The van der Waals surface area contributed by atoms with E-state index in [1.165, 1.54) is 27.7 Å². The van der Waals surface area contributed by atoms with E-state index in [0.29, 0.717) is 0 Å². The first-order valence-corrected chi connectivity index (χ1v) is 9.28. The van der Waals surface area contributed by atoms with Gasteiger partial charge in [-0.1, -0.05) is 31.7 Å². The number of fused-ring (bicyclic) bond motifs is 4. The molecule has 1 heterocycles. The largest absolute Gasteiger partial charge is 0.384 e. The second-order valence-corrected chi connectivity index (χ2v) is 7.61. The molecule has 2 heteroatoms. The summed E-state index contributed by atoms with van der Waals surface area (Å²) < 4.78 is 0. The number of pyridine rings is 1. The lowest BCUT2D eigenvalue weighted by molar-refractivity contribution is 0.249. The molecule has 2 aliphatic carbocycles. The smallest absolute Gasteiger partial charge is 0.0998 e. The third-order valence-corrected chi connectivity index (χ3v) is 5.70. The van der Waals surface area contributed by atoms with Gasteiger partial charge in [0.25, 0.3) is 0 Å². The average Bonchev–Trinajstić information content (AvgIpc) is 2.96. The van der Waals surface area contributed by atoms with Crippen molar-refractivity contribution in [3.63, 3.8) is 0 Å². The molecule has 4 rings (SSSR count). The Hall–Kier alpha value is -2.45. The molecule has 1 aromatic heterocycles. The number of nitrogens with zero attached hydrogens (tertiary/aromatic N) is 1. The zero-order chi connectivity index (χ0) is 18.6. The topological polar surface area (TPSA) is 33.1 Å². The summed E-state index contributed by atoms with van der Waals surface area (Å²) in [6, 6.07) is 8.67. The Morgan fingerprint density at radius 1 is 1.35 bits per heavy atom. The summed E-state index contributed by atoms with van der Waals surface area (Å²) in [6.45, 7) is 14.5. The summed E-state index contributed by atoms with van der Waals surface area (Å²) in [6.07, 6.45) is 3.30. The molecule has 2 unspecified atom stereocenters. The van der Waals surface area contributed by atoms with Gasteiger partial charge in [-0.2, -0.15) is 0 Å². The van der Waals surface area contributed by atoms with Crippen LogP contribution in [0.1, 0.15) is 37.1 Å². The van der Waals surface area contributed by atoms with Gasteiger partial charge in [0.2, 0.25) is 0 Å². The van der Waals surface area contributed by atoms with Gasteiger partial charge in [-0.25, -0.2) is 4.98 Å². The summed E-state index contributed by atoms with van der Waals surface area (Å²) >= 11 is 0. The van der Waals surface area contributed by atoms with E-state index in [4.69, 9.17) is 4.98 Å². The first-order chi connectivity index (χ1) is 12.4. The van der Waals surface area contributed by atoms with E-state index in [-0.39, 0.29) is 5.92 Å². The van der Waals surface area contributed by atoms with Crippen molar-refractivity contribution in [3.8, 4) is 0 Å². The van der Waals surface area contributed by atoms with Gasteiger partial charge in [-0.15, -0.1) is 0 Å². The van der Waals surface area contributed by atoms with Crippen molar-refractivity contribution in [2.75, 3.05) is 0 Å². The fraction of sp³-hybridized carbons (Fsp3) is 0.292. The van der Waals surface area contributed by atoms with Crippen LogP contribution in [0.2, 0.25) is 0 Å². The second kappa shape index (κ2) is 6.07. The molecule has 0 radical (unpaired) electrons. The van der Waals surface area contributed by atoms with E-state index in [1.54, 1.807) is 0 Å². The van der Waals surface area contributed by atoms with Crippen molar-refractivity contribution >= 4 is 16.5 Å². The number of rotatable bonds is 3. The van der Waals surface area contributed by atoms with E-state index >= 15 is 0 Å². The maximum atomic E-state index is 10.7. The van der Waals surface area contributed by atoms with Crippen LogP contribution in [0.25, 0.3) is 16.5 Å². The third kappa shape index (κ3) is 2.48. The summed E-state index contributed by atoms with van der Waals surface area (Å²) in [5.74, 6) is 0.270. The number of aliphatic hydroxyl groups excluding tert-OH is 1. The second-order valence-electron chi connectivity index (χ2n) is 7.61. The molecule has 0 saturated carbocycles. The third-order valence-electron chi connectivity index (χ3n) is 5.70. The molecule has 1 aromatic carbocycles. The highest BCUT2D eigenvalue weighted by molar-refractivity contribution is 5.88. The molecule has 0 aliphatic heterocycles. The first kappa shape index (κ1) is 17.0. The van der Waals surface area contributed by atoms with E-state index in [9.17, 15) is 5.11 Å². The molecule has 2 nitrogen and oxygen atoms in total. The number of hydrogen-bond donors (Lipinski definition) is 1. The van der Waals surface area contributed by atoms with Gasteiger partial charge in [-0.3, -0.25) is 0 Å². The summed E-state index contributed by atoms with van der Waals surface area (Å²) in [5, 5.41) is 11.9. The highest BCUT2D eigenvalue weighted by atomic mass is 16.3. The van der Waals surface area contributed by atoms with Crippen molar-refractivity contribution in [2.24, 2.45) is 5.92 Å². The van der Waals surface area contributed by atoms with E-state index in [2.05, 4.69) is 57.3 Å². The Bertz CT molecular complexity index is 1020. The lowest BCUT2D eigenvalue weighted by Crippen LogP contribution is -2.19. The minimum Gasteiger partial charge on any atom is -0.384 e. The average molecular weight is 343 g/mol. The Labute approximate surface area is 155 Å². The monoisotopic (exact) mass is 343 g/mol. The van der Waals surface area contributed by atoms with Gasteiger partial charge >= 0.3 is 0 Å². The van der Waals surface area contributed by atoms with Crippen LogP contribution in [0.15, 0.2) is 65.8 Å². The first-order valence-electron chi connectivity index (χ1n) is 9.28. The Morgan fingerprint density at radius 3 is 2.81 bits per heavy atom. The van der Waals surface area contributed by atoms with E-state index in [0.717, 1.165) is 40.8 Å². The molecule has 0 spiro atoms. The van der Waals surface area contributed by atoms with Crippen LogP contribution < -0.4 is 0 Å². The summed E-state index contributed by atoms with van der Waals surface area (Å²) in [7, 11) is 0. The minimum atomic E-state index is -0.651. The van der Waals surface area contributed by atoms with Gasteiger partial charge in [0.05, 0.1) is 17.3 Å². The Balaban J connectivity index is 1.91. The van der Waals surface area contributed by atoms with Gasteiger partial charge in [0.1, 0.15) is 0 Å². The van der Waals surface area contributed by atoms with Crippen molar-refractivity contribution in [3.05, 3.63) is 82.6 Å². The number of benzene rings is 1. The van der Waals surface area contributed by atoms with Crippen LogP contribution in [-0.4, -0.2) is 16.2 Å². The van der Waals surface area contributed by atoms with Gasteiger partial charge in [0.15, 0.2) is 0 Å². The van der Waals surface area contributed by atoms with Crippen LogP contribution in [0.3, 0.4) is 0 Å². The molecule has 0 amide bonds. The predicted octanol–water partition coefficient (Wildman–Crippen LogP) is 5.31. The molecule has 0 bridgehead atoms. The van der Waals surface area contributed by atoms with Crippen molar-refractivity contribution < 1.29 is 5.11 Å². The van der Waals surface area contributed by atoms with Crippen LogP contribution in [0, 0.1) is 12.8 Å². The molecule has 2 aliphatic rings. The minimum absolute atomic E-state index is 0.270. The number of aryl methyl sites for hydroxylation is 1. The fourth-order valence-corrected chi connectivity index (χ4v) is 4.31. The predicted molar refractivity (Wildman–Crippen MR) is 109 cm³/mol. The fourth-order valence-electron chi connectivity index (χ4n) is 4.31. The summed E-state index contributed by atoms with van der Waals surface area (Å²) in [5.41, 5.74) is 9.80. The molecule has 1 N–H and O–H groups in total. The number of allylic oxidation sites excluding steroid dienone is 3. The highest BCUT2D eigenvalue weighted by Gasteiger charge is 2.36. The Kier molecular flexibility index (Phi) is 3.96. The van der Waals surface area contributed by atoms with Crippen LogP contribution in [0.5, 0.6) is 0 Å². The number of aromatic nitrogens is 1. The van der Waals surface area contributed by atoms with Crippen LogP contribution >= 0.6 is 0 Å². The van der Waals surface area contributed by atoms with Crippen LogP contribution in [-0.2, 0) is 6.42 Å². The lowest BCUT2D eigenvalue weighted by atomic mass is 9.78. The number of hydrogen-bond acceptors (Lipinski definition) is 2. The standard InChI is InChI=1S/C24H25NO/c1-6-18-15(5)19-11-17-10-16-9-14(4)7-8-22(16)25-23(17)20(19)12-21(18)24(26)13(2)3/h7-10,12,19,24,26H,2,5-6,11H2,1,3-4H3. The zero-order valence-electron chi connectivity index (χ0n) is 15.8. The molecular formula is C24H25NO. The van der Waals surface area contributed by atoms with Gasteiger partial charge in [0, 0.05) is 11.3 Å². The molecule has 26 heavy (non-hydrogen) atoms. The highest BCUT2D eigenvalue weighted by Crippen LogP contribution is 2.48. The van der Waals surface area contributed by atoms with E-state index in [1.807, 2.05) is 6.92 Å². The van der Waals surface area contributed by atoms with Crippen molar-refractivity contribution in [1.82, 2.24) is 4.98 Å². The zero-order valence-corrected chi connectivity index (χ0v) is 15.8. The molecule has 0 saturated heterocycles. The molecule has 2 atom stereocenters. The SMILES string of the molecule is C=C(C)C(O)C1=C(CC)C(=C)C2Cc3cc4cc(C)ccc4nc3C2=C1. The van der Waals surface area contributed by atoms with Gasteiger partial charge < -0.3 is 5.11 Å². The van der Waals surface area contributed by atoms with Crippen molar-refractivity contribution in [2.45, 2.75) is 39.7 Å². The maximum Gasteiger partial charge on any atom is 0.0998 e. The van der Waals surface area contributed by atoms with Gasteiger partial charge in [-0.05, 0) is 84.4 Å². The van der Waals surface area contributed by atoms with Crippen molar-refractivity contribution in [1.29, 1.82) is 0 Å². The summed E-state index contributed by atoms with van der Waals surface area (Å²) in [4.78, 5) is 4.97. The lowest BCUT2D eigenvalue weighted by Gasteiger charge is -2.28. The number of aliphatic hydroxyl groups is 1. The Morgan fingerprint density at radius 2 is 2.12 bits per heavy atom. The quantitative estimate of drug-likeness (QED) is 0.766.